The molecule has 1 aliphatic heterocycles. The second-order valence-corrected chi connectivity index (χ2v) is 4.88. The van der Waals surface area contributed by atoms with Crippen LogP contribution in [0.1, 0.15) is 11.8 Å². The van der Waals surface area contributed by atoms with Gasteiger partial charge in [0, 0.05) is 20.4 Å². The van der Waals surface area contributed by atoms with Crippen molar-refractivity contribution in [2.45, 2.75) is 30.7 Å². The van der Waals surface area contributed by atoms with Crippen LogP contribution in [-0.4, -0.2) is 53.8 Å². The average Bonchev–Trinajstić information content (AvgIpc) is 2.83. The molecular formula is C12H16F3N3O5. The van der Waals surface area contributed by atoms with E-state index in [-0.39, 0.29) is 0 Å². The number of nitrogens with two attached hydrogens (primary N) is 1. The van der Waals surface area contributed by atoms with E-state index in [4.69, 9.17) is 19.9 Å². The van der Waals surface area contributed by atoms with Crippen LogP contribution in [0, 0.1) is 0 Å². The molecule has 3 N–H and O–H groups in total. The summed E-state index contributed by atoms with van der Waals surface area (Å²) in [7, 11) is 2.61. The Hall–Kier alpha value is -1.69. The van der Waals surface area contributed by atoms with E-state index in [1.54, 1.807) is 0 Å². The SMILES string of the molecule is COC1C(OC)[C@@H](CO)O[C@H]1n1cc(C(F)(F)F)c(N)nc1=O. The third-order valence-corrected chi connectivity index (χ3v) is 3.57. The molecule has 1 saturated heterocycles. The summed E-state index contributed by atoms with van der Waals surface area (Å²) in [6.45, 7) is -0.460. The largest absolute Gasteiger partial charge is 0.421 e. The fourth-order valence-corrected chi connectivity index (χ4v) is 2.50. The zero-order chi connectivity index (χ0) is 17.4. The van der Waals surface area contributed by atoms with Crippen LogP contribution in [-0.2, 0) is 20.4 Å². The Bertz CT molecular complexity index is 621. The number of aliphatic hydroxyl groups is 1. The standard InChI is InChI=1S/C12H16F3N3O5/c1-21-7-6(4-19)23-10(8(7)22-2)18-3-5(12(13,14)15)9(16)17-11(18)20/h3,6-8,10,19H,4H2,1-2H3,(H2,16,17,20)/t6-,7?,8?,10-/m1/s1. The van der Waals surface area contributed by atoms with Gasteiger partial charge in [-0.3, -0.25) is 4.57 Å². The molecule has 0 aliphatic carbocycles. The topological polar surface area (TPSA) is 109 Å². The molecule has 2 rings (SSSR count). The number of halogens is 3. The highest BCUT2D eigenvalue weighted by Crippen LogP contribution is 2.35. The van der Waals surface area contributed by atoms with Crippen molar-refractivity contribution in [3.8, 4) is 0 Å². The van der Waals surface area contributed by atoms with E-state index in [0.717, 1.165) is 0 Å². The molecular weight excluding hydrogens is 323 g/mol. The Labute approximate surface area is 128 Å². The number of nitrogen functional groups attached to an aromatic ring is 1. The Morgan fingerprint density at radius 1 is 1.39 bits per heavy atom. The first-order valence-corrected chi connectivity index (χ1v) is 6.52. The van der Waals surface area contributed by atoms with Crippen molar-refractivity contribution in [3.63, 3.8) is 0 Å². The van der Waals surface area contributed by atoms with E-state index in [2.05, 4.69) is 4.98 Å². The number of hydrogen-bond acceptors (Lipinski definition) is 7. The van der Waals surface area contributed by atoms with Crippen molar-refractivity contribution in [2.24, 2.45) is 0 Å². The predicted octanol–water partition coefficient (Wildman–Crippen LogP) is -0.236. The number of alkyl halides is 3. The van der Waals surface area contributed by atoms with Gasteiger partial charge >= 0.3 is 11.9 Å². The van der Waals surface area contributed by atoms with E-state index in [0.29, 0.717) is 10.8 Å². The van der Waals surface area contributed by atoms with Gasteiger partial charge in [0.15, 0.2) is 6.23 Å². The number of hydrogen-bond donors (Lipinski definition) is 2. The second kappa shape index (κ2) is 6.43. The van der Waals surface area contributed by atoms with E-state index >= 15 is 0 Å². The second-order valence-electron chi connectivity index (χ2n) is 4.88. The molecule has 0 saturated carbocycles. The number of aliphatic hydroxyl groups excluding tert-OH is 1. The zero-order valence-electron chi connectivity index (χ0n) is 12.3. The van der Waals surface area contributed by atoms with Gasteiger partial charge in [0.05, 0.1) is 6.61 Å². The Kier molecular flexibility index (Phi) is 4.94. The molecule has 0 amide bonds. The number of methoxy groups -OCH3 is 2. The minimum absolute atomic E-state index is 0.460. The van der Waals surface area contributed by atoms with Gasteiger partial charge in [-0.25, -0.2) is 4.79 Å². The fourth-order valence-electron chi connectivity index (χ4n) is 2.50. The average molecular weight is 339 g/mol. The maximum absolute atomic E-state index is 12.9. The van der Waals surface area contributed by atoms with Crippen LogP contribution in [0.25, 0.3) is 0 Å². The molecule has 8 nitrogen and oxygen atoms in total. The van der Waals surface area contributed by atoms with Gasteiger partial charge in [-0.15, -0.1) is 0 Å². The molecule has 130 valence electrons. The quantitative estimate of drug-likeness (QED) is 0.779. The first kappa shape index (κ1) is 17.7. The molecule has 1 aliphatic rings. The van der Waals surface area contributed by atoms with Crippen molar-refractivity contribution < 1.29 is 32.5 Å². The smallest absolute Gasteiger partial charge is 0.394 e. The van der Waals surface area contributed by atoms with Gasteiger partial charge in [-0.2, -0.15) is 18.2 Å². The molecule has 23 heavy (non-hydrogen) atoms. The van der Waals surface area contributed by atoms with E-state index < -0.39 is 54.4 Å². The predicted molar refractivity (Wildman–Crippen MR) is 70.5 cm³/mol. The first-order valence-electron chi connectivity index (χ1n) is 6.52. The van der Waals surface area contributed by atoms with Gasteiger partial charge < -0.3 is 25.1 Å². The van der Waals surface area contributed by atoms with Crippen molar-refractivity contribution in [3.05, 3.63) is 22.2 Å². The zero-order valence-corrected chi connectivity index (χ0v) is 12.3. The molecule has 1 aromatic heterocycles. The third kappa shape index (κ3) is 3.17. The maximum atomic E-state index is 12.9. The van der Waals surface area contributed by atoms with Gasteiger partial charge in [-0.1, -0.05) is 0 Å². The molecule has 11 heteroatoms. The summed E-state index contributed by atoms with van der Waals surface area (Å²) in [4.78, 5) is 15.1. The summed E-state index contributed by atoms with van der Waals surface area (Å²) in [6.07, 6.45) is -8.06. The summed E-state index contributed by atoms with van der Waals surface area (Å²) < 4.78 is 55.2. The van der Waals surface area contributed by atoms with Gasteiger partial charge in [0.2, 0.25) is 0 Å². The van der Waals surface area contributed by atoms with E-state index in [1.165, 1.54) is 14.2 Å². The van der Waals surface area contributed by atoms with Crippen molar-refractivity contribution in [2.75, 3.05) is 26.6 Å². The third-order valence-electron chi connectivity index (χ3n) is 3.57. The summed E-state index contributed by atoms with van der Waals surface area (Å²) in [5, 5.41) is 9.28. The molecule has 4 atom stereocenters. The van der Waals surface area contributed by atoms with Crippen LogP contribution >= 0.6 is 0 Å². The molecule has 0 radical (unpaired) electrons. The highest BCUT2D eigenvalue weighted by Gasteiger charge is 2.47. The molecule has 1 fully saturated rings. The van der Waals surface area contributed by atoms with Crippen LogP contribution < -0.4 is 11.4 Å². The van der Waals surface area contributed by atoms with Crippen molar-refractivity contribution in [1.29, 1.82) is 0 Å². The highest BCUT2D eigenvalue weighted by molar-refractivity contribution is 5.39. The number of rotatable bonds is 4. The van der Waals surface area contributed by atoms with Crippen molar-refractivity contribution in [1.82, 2.24) is 9.55 Å². The Balaban J connectivity index is 2.51. The minimum Gasteiger partial charge on any atom is -0.394 e. The van der Waals surface area contributed by atoms with E-state index in [9.17, 15) is 23.1 Å². The molecule has 2 unspecified atom stereocenters. The normalized spacial score (nSPS) is 28.3. The first-order chi connectivity index (χ1) is 10.7. The Morgan fingerprint density at radius 3 is 2.48 bits per heavy atom. The molecule has 0 aromatic carbocycles. The lowest BCUT2D eigenvalue weighted by atomic mass is 10.1. The number of nitrogens with zero attached hydrogens (tertiary/aromatic N) is 2. The lowest BCUT2D eigenvalue weighted by Crippen LogP contribution is -2.39. The Morgan fingerprint density at radius 2 is 2.00 bits per heavy atom. The van der Waals surface area contributed by atoms with Crippen molar-refractivity contribution >= 4 is 5.82 Å². The molecule has 1 aromatic rings. The fraction of sp³-hybridized carbons (Fsp3) is 0.667. The molecule has 0 spiro atoms. The number of ether oxygens (including phenoxy) is 3. The van der Waals surface area contributed by atoms with Crippen LogP contribution in [0.4, 0.5) is 19.0 Å². The lowest BCUT2D eigenvalue weighted by Gasteiger charge is -2.23. The summed E-state index contributed by atoms with van der Waals surface area (Å²) in [5.74, 6) is -0.923. The van der Waals surface area contributed by atoms with Crippen LogP contribution in [0.3, 0.4) is 0 Å². The highest BCUT2D eigenvalue weighted by atomic mass is 19.4. The van der Waals surface area contributed by atoms with Crippen LogP contribution in [0.5, 0.6) is 0 Å². The summed E-state index contributed by atoms with van der Waals surface area (Å²) >= 11 is 0. The number of anilines is 1. The maximum Gasteiger partial charge on any atom is 0.421 e. The van der Waals surface area contributed by atoms with Crippen LogP contribution in [0.15, 0.2) is 11.0 Å². The molecule has 2 heterocycles. The van der Waals surface area contributed by atoms with Crippen LogP contribution in [0.2, 0.25) is 0 Å². The monoisotopic (exact) mass is 339 g/mol. The van der Waals surface area contributed by atoms with E-state index in [1.807, 2.05) is 0 Å². The minimum atomic E-state index is -4.79. The summed E-state index contributed by atoms with van der Waals surface area (Å²) in [6, 6.07) is 0. The van der Waals surface area contributed by atoms with Gasteiger partial charge in [0.1, 0.15) is 29.7 Å². The number of aromatic nitrogens is 2. The van der Waals surface area contributed by atoms with Gasteiger partial charge in [-0.05, 0) is 0 Å². The van der Waals surface area contributed by atoms with Gasteiger partial charge in [0.25, 0.3) is 0 Å². The lowest BCUT2D eigenvalue weighted by molar-refractivity contribution is -0.138. The summed E-state index contributed by atoms with van der Waals surface area (Å²) in [5.41, 5.74) is 2.87. The molecule has 0 bridgehead atoms.